The third-order valence-electron chi connectivity index (χ3n) is 3.39. The van der Waals surface area contributed by atoms with Crippen LogP contribution in [0.25, 0.3) is 22.4 Å². The average Bonchev–Trinajstić information content (AvgIpc) is 2.80. The Morgan fingerprint density at radius 3 is 2.81 bits per heavy atom. The number of nitrogens with zero attached hydrogens (tertiary/aromatic N) is 2. The minimum absolute atomic E-state index is 0.297. The van der Waals surface area contributed by atoms with E-state index in [4.69, 9.17) is 17.3 Å². The van der Waals surface area contributed by atoms with Crippen LogP contribution in [0.1, 0.15) is 13.3 Å². The molecule has 1 aromatic heterocycles. The van der Waals surface area contributed by atoms with Crippen molar-refractivity contribution < 1.29 is 4.39 Å². The first-order valence-electron chi connectivity index (χ1n) is 6.81. The van der Waals surface area contributed by atoms with Gasteiger partial charge in [-0.25, -0.2) is 9.37 Å². The summed E-state index contributed by atoms with van der Waals surface area (Å²) in [7, 11) is 0. The summed E-state index contributed by atoms with van der Waals surface area (Å²) in [6.45, 7) is 2.86. The Kier molecular flexibility index (Phi) is 3.55. The molecule has 21 heavy (non-hydrogen) atoms. The zero-order valence-corrected chi connectivity index (χ0v) is 12.4. The van der Waals surface area contributed by atoms with Crippen LogP contribution < -0.4 is 5.73 Å². The fourth-order valence-electron chi connectivity index (χ4n) is 2.47. The van der Waals surface area contributed by atoms with Crippen LogP contribution in [0.5, 0.6) is 0 Å². The second-order valence-electron chi connectivity index (χ2n) is 4.96. The molecule has 2 aromatic carbocycles. The van der Waals surface area contributed by atoms with Crippen molar-refractivity contribution in [3.8, 4) is 11.4 Å². The molecule has 3 rings (SSSR count). The second kappa shape index (κ2) is 5.37. The van der Waals surface area contributed by atoms with Gasteiger partial charge < -0.3 is 10.3 Å². The fraction of sp³-hybridized carbons (Fsp3) is 0.188. The Hall–Kier alpha value is -2.07. The monoisotopic (exact) mass is 303 g/mol. The minimum Gasteiger partial charge on any atom is -0.399 e. The van der Waals surface area contributed by atoms with E-state index < -0.39 is 0 Å². The summed E-state index contributed by atoms with van der Waals surface area (Å²) in [6.07, 6.45) is 0.940. The largest absolute Gasteiger partial charge is 0.399 e. The van der Waals surface area contributed by atoms with E-state index in [1.807, 2.05) is 0 Å². The van der Waals surface area contributed by atoms with Crippen molar-refractivity contribution >= 4 is 28.3 Å². The molecule has 0 atom stereocenters. The van der Waals surface area contributed by atoms with Crippen molar-refractivity contribution in [3.63, 3.8) is 0 Å². The maximum atomic E-state index is 13.4. The third kappa shape index (κ3) is 2.47. The van der Waals surface area contributed by atoms with Crippen LogP contribution in [0, 0.1) is 5.82 Å². The number of halogens is 2. The number of anilines is 1. The first-order valence-corrected chi connectivity index (χ1v) is 7.19. The molecule has 0 amide bonds. The molecular weight excluding hydrogens is 289 g/mol. The zero-order chi connectivity index (χ0) is 15.0. The van der Waals surface area contributed by atoms with Gasteiger partial charge in [-0.05, 0) is 36.8 Å². The van der Waals surface area contributed by atoms with Gasteiger partial charge in [0, 0.05) is 23.9 Å². The lowest BCUT2D eigenvalue weighted by Gasteiger charge is -2.09. The maximum absolute atomic E-state index is 13.4. The first kappa shape index (κ1) is 13.9. The molecule has 0 saturated carbocycles. The lowest BCUT2D eigenvalue weighted by atomic mass is 10.2. The molecule has 1 heterocycles. The summed E-state index contributed by atoms with van der Waals surface area (Å²) < 4.78 is 15.5. The number of fused-ring (bicyclic) bond motifs is 1. The normalized spacial score (nSPS) is 11.2. The molecule has 3 aromatic rings. The van der Waals surface area contributed by atoms with Crippen molar-refractivity contribution in [2.45, 2.75) is 19.9 Å². The Labute approximate surface area is 127 Å². The summed E-state index contributed by atoms with van der Waals surface area (Å²) in [5, 5.41) is 0.581. The number of rotatable bonds is 3. The molecule has 0 bridgehead atoms. The molecular formula is C16H15ClFN3. The second-order valence-corrected chi connectivity index (χ2v) is 5.37. The maximum Gasteiger partial charge on any atom is 0.142 e. The van der Waals surface area contributed by atoms with Crippen LogP contribution in [-0.2, 0) is 6.54 Å². The van der Waals surface area contributed by atoms with Gasteiger partial charge in [0.2, 0.25) is 0 Å². The molecule has 0 radical (unpaired) electrons. The molecule has 0 aliphatic carbocycles. The van der Waals surface area contributed by atoms with Crippen LogP contribution in [0.3, 0.4) is 0 Å². The lowest BCUT2D eigenvalue weighted by molar-refractivity contribution is 0.629. The Balaban J connectivity index is 2.30. The minimum atomic E-state index is -0.297. The number of nitrogens with two attached hydrogens (primary N) is 1. The lowest BCUT2D eigenvalue weighted by Crippen LogP contribution is -2.00. The molecule has 0 saturated heterocycles. The molecule has 0 aliphatic rings. The van der Waals surface area contributed by atoms with Crippen LogP contribution in [0.15, 0.2) is 36.4 Å². The van der Waals surface area contributed by atoms with Crippen molar-refractivity contribution in [1.29, 1.82) is 0 Å². The Morgan fingerprint density at radius 1 is 1.24 bits per heavy atom. The van der Waals surface area contributed by atoms with E-state index in [2.05, 4.69) is 16.5 Å². The SMILES string of the molecule is CCCn1c(-c2cc(N)ccc2Cl)nc2cc(F)ccc21. The highest BCUT2D eigenvalue weighted by atomic mass is 35.5. The van der Waals surface area contributed by atoms with Crippen LogP contribution in [-0.4, -0.2) is 9.55 Å². The molecule has 0 unspecified atom stereocenters. The van der Waals surface area contributed by atoms with Crippen LogP contribution in [0.4, 0.5) is 10.1 Å². The van der Waals surface area contributed by atoms with E-state index in [1.54, 1.807) is 24.3 Å². The smallest absolute Gasteiger partial charge is 0.142 e. The van der Waals surface area contributed by atoms with Gasteiger partial charge in [-0.1, -0.05) is 18.5 Å². The number of aromatic nitrogens is 2. The summed E-state index contributed by atoms with van der Waals surface area (Å²) >= 11 is 6.28. The molecule has 0 aliphatic heterocycles. The topological polar surface area (TPSA) is 43.8 Å². The predicted molar refractivity (Wildman–Crippen MR) is 84.8 cm³/mol. The Bertz CT molecular complexity index is 811. The Morgan fingerprint density at radius 2 is 2.05 bits per heavy atom. The summed E-state index contributed by atoms with van der Waals surface area (Å²) in [4.78, 5) is 4.55. The number of nitrogen functional groups attached to an aromatic ring is 1. The van der Waals surface area contributed by atoms with Crippen molar-refractivity contribution in [2.24, 2.45) is 0 Å². The summed E-state index contributed by atoms with van der Waals surface area (Å²) in [5.74, 6) is 0.420. The van der Waals surface area contributed by atoms with E-state index in [-0.39, 0.29) is 5.82 Å². The van der Waals surface area contributed by atoms with E-state index in [9.17, 15) is 4.39 Å². The highest BCUT2D eigenvalue weighted by Crippen LogP contribution is 2.32. The molecule has 0 fully saturated rings. The van der Waals surface area contributed by atoms with Gasteiger partial charge in [-0.3, -0.25) is 0 Å². The number of imidazole rings is 1. The number of benzene rings is 2. The summed E-state index contributed by atoms with van der Waals surface area (Å²) in [5.41, 5.74) is 8.76. The number of hydrogen-bond donors (Lipinski definition) is 1. The van der Waals surface area contributed by atoms with Crippen molar-refractivity contribution in [2.75, 3.05) is 5.73 Å². The van der Waals surface area contributed by atoms with Gasteiger partial charge in [-0.15, -0.1) is 0 Å². The molecule has 2 N–H and O–H groups in total. The average molecular weight is 304 g/mol. The zero-order valence-electron chi connectivity index (χ0n) is 11.6. The van der Waals surface area contributed by atoms with Crippen LogP contribution >= 0.6 is 11.6 Å². The highest BCUT2D eigenvalue weighted by molar-refractivity contribution is 6.33. The fourth-order valence-corrected chi connectivity index (χ4v) is 2.67. The third-order valence-corrected chi connectivity index (χ3v) is 3.72. The van der Waals surface area contributed by atoms with Gasteiger partial charge in [0.15, 0.2) is 0 Å². The van der Waals surface area contributed by atoms with Crippen molar-refractivity contribution in [3.05, 3.63) is 47.2 Å². The van der Waals surface area contributed by atoms with E-state index in [0.29, 0.717) is 16.2 Å². The van der Waals surface area contributed by atoms with Crippen LogP contribution in [0.2, 0.25) is 5.02 Å². The van der Waals surface area contributed by atoms with Gasteiger partial charge in [0.25, 0.3) is 0 Å². The first-order chi connectivity index (χ1) is 10.1. The van der Waals surface area contributed by atoms with Gasteiger partial charge in [0.1, 0.15) is 11.6 Å². The summed E-state index contributed by atoms with van der Waals surface area (Å²) in [6, 6.07) is 9.93. The molecule has 3 nitrogen and oxygen atoms in total. The molecule has 108 valence electrons. The standard InChI is InChI=1S/C16H15ClFN3/c1-2-7-21-15-6-3-10(18)8-14(15)20-16(21)12-9-11(19)4-5-13(12)17/h3-6,8-9H,2,7,19H2,1H3. The molecule has 5 heteroatoms. The van der Waals surface area contributed by atoms with E-state index in [1.165, 1.54) is 12.1 Å². The highest BCUT2D eigenvalue weighted by Gasteiger charge is 2.15. The molecule has 0 spiro atoms. The van der Waals surface area contributed by atoms with Gasteiger partial charge in [-0.2, -0.15) is 0 Å². The predicted octanol–water partition coefficient (Wildman–Crippen LogP) is 4.49. The van der Waals surface area contributed by atoms with Gasteiger partial charge >= 0.3 is 0 Å². The van der Waals surface area contributed by atoms with Gasteiger partial charge in [0.05, 0.1) is 16.1 Å². The van der Waals surface area contributed by atoms with Crippen molar-refractivity contribution in [1.82, 2.24) is 9.55 Å². The number of hydrogen-bond acceptors (Lipinski definition) is 2. The number of aryl methyl sites for hydroxylation is 1. The van der Waals surface area contributed by atoms with E-state index >= 15 is 0 Å². The quantitative estimate of drug-likeness (QED) is 0.725. The van der Waals surface area contributed by atoms with E-state index in [0.717, 1.165) is 29.9 Å².